The standard InChI is InChI=1S/C25H31FN4O/c1-18(2)13-15-30-23-8-4-3-7-22(23)28-25(30)29-14-5-6-20(17-29)24(31)27-16-19-9-11-21(26)12-10-19/h3-4,7-12,18,20H,5-6,13-17H2,1-2H3,(H,27,31)/t20-/m0/s1. The third-order valence-electron chi connectivity index (χ3n) is 6.02. The number of nitrogens with zero attached hydrogens (tertiary/aromatic N) is 3. The van der Waals surface area contributed by atoms with E-state index in [4.69, 9.17) is 4.98 Å². The third kappa shape index (κ3) is 5.06. The van der Waals surface area contributed by atoms with Crippen molar-refractivity contribution in [2.45, 2.75) is 46.2 Å². The fourth-order valence-corrected chi connectivity index (χ4v) is 4.22. The van der Waals surface area contributed by atoms with Gasteiger partial charge in [0, 0.05) is 26.2 Å². The molecule has 0 aliphatic carbocycles. The fourth-order valence-electron chi connectivity index (χ4n) is 4.22. The molecule has 0 bridgehead atoms. The number of hydrogen-bond donors (Lipinski definition) is 1. The summed E-state index contributed by atoms with van der Waals surface area (Å²) < 4.78 is 15.4. The molecule has 6 heteroatoms. The van der Waals surface area contributed by atoms with Crippen LogP contribution in [-0.4, -0.2) is 28.5 Å². The lowest BCUT2D eigenvalue weighted by Gasteiger charge is -2.33. The Hall–Kier alpha value is -2.89. The molecule has 5 nitrogen and oxygen atoms in total. The summed E-state index contributed by atoms with van der Waals surface area (Å²) in [5.74, 6) is 1.29. The molecule has 0 unspecified atom stereocenters. The number of piperidine rings is 1. The molecule has 1 amide bonds. The highest BCUT2D eigenvalue weighted by Crippen LogP contribution is 2.28. The Morgan fingerprint density at radius 3 is 2.74 bits per heavy atom. The van der Waals surface area contributed by atoms with E-state index in [9.17, 15) is 9.18 Å². The van der Waals surface area contributed by atoms with E-state index in [1.807, 2.05) is 6.07 Å². The third-order valence-corrected chi connectivity index (χ3v) is 6.02. The zero-order chi connectivity index (χ0) is 21.8. The Morgan fingerprint density at radius 2 is 1.97 bits per heavy atom. The number of fused-ring (bicyclic) bond motifs is 1. The number of carbonyl (C=O) groups excluding carboxylic acids is 1. The van der Waals surface area contributed by atoms with E-state index in [1.165, 1.54) is 12.1 Å². The van der Waals surface area contributed by atoms with E-state index in [0.717, 1.165) is 54.9 Å². The van der Waals surface area contributed by atoms with Crippen LogP contribution in [0.15, 0.2) is 48.5 Å². The Balaban J connectivity index is 1.47. The zero-order valence-electron chi connectivity index (χ0n) is 18.4. The topological polar surface area (TPSA) is 50.2 Å². The number of amides is 1. The molecule has 0 radical (unpaired) electrons. The normalized spacial score (nSPS) is 16.8. The molecule has 0 spiro atoms. The van der Waals surface area contributed by atoms with Crippen molar-refractivity contribution in [3.8, 4) is 0 Å². The number of rotatable bonds is 7. The molecular weight excluding hydrogens is 391 g/mol. The number of para-hydroxylation sites is 2. The predicted octanol–water partition coefficient (Wildman–Crippen LogP) is 4.75. The number of carbonyl (C=O) groups is 1. The highest BCUT2D eigenvalue weighted by atomic mass is 19.1. The summed E-state index contributed by atoms with van der Waals surface area (Å²) in [5, 5.41) is 3.03. The first-order valence-electron chi connectivity index (χ1n) is 11.2. The second kappa shape index (κ2) is 9.50. The van der Waals surface area contributed by atoms with Gasteiger partial charge < -0.3 is 14.8 Å². The quantitative estimate of drug-likeness (QED) is 0.598. The Morgan fingerprint density at radius 1 is 1.19 bits per heavy atom. The predicted molar refractivity (Wildman–Crippen MR) is 122 cm³/mol. The lowest BCUT2D eigenvalue weighted by molar-refractivity contribution is -0.125. The maximum atomic E-state index is 13.1. The average Bonchev–Trinajstić information content (AvgIpc) is 3.16. The van der Waals surface area contributed by atoms with E-state index in [2.05, 4.69) is 46.8 Å². The minimum absolute atomic E-state index is 0.0545. The lowest BCUT2D eigenvalue weighted by Crippen LogP contribution is -2.43. The first-order chi connectivity index (χ1) is 15.0. The van der Waals surface area contributed by atoms with Gasteiger partial charge in [0.25, 0.3) is 0 Å². The van der Waals surface area contributed by atoms with Crippen molar-refractivity contribution >= 4 is 22.9 Å². The summed E-state index contributed by atoms with van der Waals surface area (Å²) in [6.45, 7) is 7.39. The van der Waals surface area contributed by atoms with Gasteiger partial charge in [-0.1, -0.05) is 38.1 Å². The Kier molecular flexibility index (Phi) is 6.54. The SMILES string of the molecule is CC(C)CCn1c(N2CCC[C@H](C(=O)NCc3ccc(F)cc3)C2)nc2ccccc21. The number of aromatic nitrogens is 2. The minimum Gasteiger partial charge on any atom is -0.352 e. The molecule has 1 N–H and O–H groups in total. The van der Waals surface area contributed by atoms with Crippen LogP contribution < -0.4 is 10.2 Å². The molecule has 1 aliphatic rings. The maximum absolute atomic E-state index is 13.1. The molecule has 2 aromatic carbocycles. The number of imidazole rings is 1. The van der Waals surface area contributed by atoms with E-state index >= 15 is 0 Å². The molecule has 1 fully saturated rings. The van der Waals surface area contributed by atoms with E-state index in [-0.39, 0.29) is 17.6 Å². The number of hydrogen-bond acceptors (Lipinski definition) is 3. The summed E-state index contributed by atoms with van der Waals surface area (Å²) >= 11 is 0. The molecule has 4 rings (SSSR count). The van der Waals surface area contributed by atoms with E-state index in [1.54, 1.807) is 12.1 Å². The van der Waals surface area contributed by atoms with Crippen LogP contribution in [0.4, 0.5) is 10.3 Å². The van der Waals surface area contributed by atoms with Gasteiger partial charge in [0.15, 0.2) is 0 Å². The Labute approximate surface area is 183 Å². The average molecular weight is 423 g/mol. The van der Waals surface area contributed by atoms with Crippen molar-refractivity contribution in [3.63, 3.8) is 0 Å². The molecule has 164 valence electrons. The number of anilines is 1. The summed E-state index contributed by atoms with van der Waals surface area (Å²) in [7, 11) is 0. The molecule has 0 saturated carbocycles. The molecule has 1 atom stereocenters. The smallest absolute Gasteiger partial charge is 0.225 e. The highest BCUT2D eigenvalue weighted by molar-refractivity contribution is 5.81. The van der Waals surface area contributed by atoms with Crippen LogP contribution in [0.2, 0.25) is 0 Å². The van der Waals surface area contributed by atoms with Gasteiger partial charge in [-0.2, -0.15) is 0 Å². The van der Waals surface area contributed by atoms with Gasteiger partial charge in [-0.15, -0.1) is 0 Å². The monoisotopic (exact) mass is 422 g/mol. The maximum Gasteiger partial charge on any atom is 0.225 e. The summed E-state index contributed by atoms with van der Waals surface area (Å²) in [6, 6.07) is 14.5. The largest absolute Gasteiger partial charge is 0.352 e. The van der Waals surface area contributed by atoms with Gasteiger partial charge in [-0.25, -0.2) is 9.37 Å². The molecule has 1 aromatic heterocycles. The zero-order valence-corrected chi connectivity index (χ0v) is 18.4. The van der Waals surface area contributed by atoms with Crippen LogP contribution in [0.5, 0.6) is 0 Å². The highest BCUT2D eigenvalue weighted by Gasteiger charge is 2.28. The van der Waals surface area contributed by atoms with Gasteiger partial charge in [0.05, 0.1) is 17.0 Å². The van der Waals surface area contributed by atoms with Crippen LogP contribution in [-0.2, 0) is 17.9 Å². The first-order valence-corrected chi connectivity index (χ1v) is 11.2. The van der Waals surface area contributed by atoms with Gasteiger partial charge in [0.1, 0.15) is 5.82 Å². The van der Waals surface area contributed by atoms with Gasteiger partial charge in [0.2, 0.25) is 11.9 Å². The lowest BCUT2D eigenvalue weighted by atomic mass is 9.97. The van der Waals surface area contributed by atoms with Crippen LogP contribution in [0, 0.1) is 17.7 Å². The van der Waals surface area contributed by atoms with Crippen molar-refractivity contribution < 1.29 is 9.18 Å². The minimum atomic E-state index is -0.265. The van der Waals surface area contributed by atoms with Crippen LogP contribution in [0.1, 0.15) is 38.7 Å². The van der Waals surface area contributed by atoms with Crippen molar-refractivity contribution in [1.82, 2.24) is 14.9 Å². The molecule has 3 aromatic rings. The number of benzene rings is 2. The van der Waals surface area contributed by atoms with Crippen LogP contribution in [0.3, 0.4) is 0 Å². The van der Waals surface area contributed by atoms with Crippen molar-refractivity contribution in [3.05, 3.63) is 59.9 Å². The fraction of sp³-hybridized carbons (Fsp3) is 0.440. The summed E-state index contributed by atoms with van der Waals surface area (Å²) in [5.41, 5.74) is 3.06. The van der Waals surface area contributed by atoms with Gasteiger partial charge in [-0.3, -0.25) is 4.79 Å². The van der Waals surface area contributed by atoms with Crippen LogP contribution >= 0.6 is 0 Å². The van der Waals surface area contributed by atoms with Crippen molar-refractivity contribution in [2.75, 3.05) is 18.0 Å². The second-order valence-corrected chi connectivity index (χ2v) is 8.86. The van der Waals surface area contributed by atoms with Crippen molar-refractivity contribution in [1.29, 1.82) is 0 Å². The summed E-state index contributed by atoms with van der Waals surface area (Å²) in [6.07, 6.45) is 2.92. The van der Waals surface area contributed by atoms with E-state index in [0.29, 0.717) is 19.0 Å². The van der Waals surface area contributed by atoms with Crippen molar-refractivity contribution in [2.24, 2.45) is 11.8 Å². The van der Waals surface area contributed by atoms with E-state index < -0.39 is 0 Å². The molecular formula is C25H31FN4O. The van der Waals surface area contributed by atoms with Crippen LogP contribution in [0.25, 0.3) is 11.0 Å². The first kappa shape index (κ1) is 21.3. The number of halogens is 1. The molecule has 1 aliphatic heterocycles. The number of aryl methyl sites for hydroxylation is 1. The summed E-state index contributed by atoms with van der Waals surface area (Å²) in [4.78, 5) is 20.0. The van der Waals surface area contributed by atoms with Gasteiger partial charge in [-0.05, 0) is 55.0 Å². The number of nitrogens with one attached hydrogen (secondary N) is 1. The van der Waals surface area contributed by atoms with Gasteiger partial charge >= 0.3 is 0 Å². The molecule has 2 heterocycles. The second-order valence-electron chi connectivity index (χ2n) is 8.86. The molecule has 1 saturated heterocycles. The molecule has 31 heavy (non-hydrogen) atoms. The Bertz CT molecular complexity index is 1030.